The van der Waals surface area contributed by atoms with Crippen LogP contribution in [0.25, 0.3) is 11.3 Å². The molecular weight excluding hydrogens is 280 g/mol. The molecule has 3 aliphatic rings. The second kappa shape index (κ2) is 4.95. The van der Waals surface area contributed by atoms with Crippen molar-refractivity contribution in [2.24, 2.45) is 0 Å². The first-order chi connectivity index (χ1) is 10.7. The van der Waals surface area contributed by atoms with E-state index in [4.69, 9.17) is 9.63 Å². The summed E-state index contributed by atoms with van der Waals surface area (Å²) in [6.45, 7) is 3.60. The predicted molar refractivity (Wildman–Crippen MR) is 80.9 cm³/mol. The van der Waals surface area contributed by atoms with Gasteiger partial charge in [0, 0.05) is 11.6 Å². The van der Waals surface area contributed by atoms with Gasteiger partial charge in [-0.2, -0.15) is 0 Å². The number of aromatic nitrogens is 1. The van der Waals surface area contributed by atoms with Crippen molar-refractivity contribution >= 4 is 5.97 Å². The summed E-state index contributed by atoms with van der Waals surface area (Å²) < 4.78 is 5.12. The summed E-state index contributed by atoms with van der Waals surface area (Å²) in [5.41, 5.74) is 2.54. The third kappa shape index (κ3) is 2.13. The smallest absolute Gasteiger partial charge is 0.358 e. The van der Waals surface area contributed by atoms with E-state index in [-0.39, 0.29) is 5.69 Å². The van der Waals surface area contributed by atoms with Gasteiger partial charge >= 0.3 is 5.97 Å². The standard InChI is InChI=1S/C17H18N2O3/c20-16(21)14-11-15(22-18-14)12-1-3-13(4-2-12)17-5-8-19(9-6-17)10-7-17/h1-4,11H,5-10H2,(H,20,21). The fourth-order valence-corrected chi connectivity index (χ4v) is 3.76. The van der Waals surface area contributed by atoms with Crippen molar-refractivity contribution in [3.8, 4) is 11.3 Å². The normalized spacial score (nSPS) is 27.0. The van der Waals surface area contributed by atoms with Gasteiger partial charge in [-0.05, 0) is 49.9 Å². The van der Waals surface area contributed by atoms with Crippen LogP contribution in [0.1, 0.15) is 35.3 Å². The van der Waals surface area contributed by atoms with Gasteiger partial charge in [-0.15, -0.1) is 0 Å². The zero-order chi connectivity index (χ0) is 15.2. The lowest BCUT2D eigenvalue weighted by Crippen LogP contribution is -2.50. The van der Waals surface area contributed by atoms with Gasteiger partial charge in [-0.1, -0.05) is 29.4 Å². The first-order valence-electron chi connectivity index (χ1n) is 7.70. The van der Waals surface area contributed by atoms with Crippen LogP contribution in [0.5, 0.6) is 0 Å². The Morgan fingerprint density at radius 2 is 1.77 bits per heavy atom. The summed E-state index contributed by atoms with van der Waals surface area (Å²) in [5, 5.41) is 12.5. The Hall–Kier alpha value is -2.14. The van der Waals surface area contributed by atoms with E-state index in [0.29, 0.717) is 11.2 Å². The van der Waals surface area contributed by atoms with Gasteiger partial charge in [0.25, 0.3) is 0 Å². The first-order valence-corrected chi connectivity index (χ1v) is 7.70. The molecule has 1 aromatic carbocycles. The van der Waals surface area contributed by atoms with E-state index in [1.54, 1.807) is 0 Å². The van der Waals surface area contributed by atoms with E-state index in [1.807, 2.05) is 12.1 Å². The van der Waals surface area contributed by atoms with Crippen LogP contribution in [-0.2, 0) is 5.41 Å². The summed E-state index contributed by atoms with van der Waals surface area (Å²) >= 11 is 0. The number of piperidine rings is 3. The molecule has 5 heteroatoms. The summed E-state index contributed by atoms with van der Waals surface area (Å²) in [6, 6.07) is 9.82. The second-order valence-corrected chi connectivity index (χ2v) is 6.33. The topological polar surface area (TPSA) is 66.6 Å². The molecule has 0 amide bonds. The molecule has 2 aromatic rings. The van der Waals surface area contributed by atoms with E-state index < -0.39 is 5.97 Å². The molecule has 0 saturated carbocycles. The minimum atomic E-state index is -1.07. The summed E-state index contributed by atoms with van der Waals surface area (Å²) in [5.74, 6) is -0.570. The Labute approximate surface area is 128 Å². The van der Waals surface area contributed by atoms with Crippen LogP contribution in [0.15, 0.2) is 34.9 Å². The Kier molecular flexibility index (Phi) is 3.04. The summed E-state index contributed by atoms with van der Waals surface area (Å²) in [7, 11) is 0. The number of hydrogen-bond acceptors (Lipinski definition) is 4. The number of carbonyl (C=O) groups is 1. The second-order valence-electron chi connectivity index (χ2n) is 6.33. The zero-order valence-corrected chi connectivity index (χ0v) is 12.3. The highest BCUT2D eigenvalue weighted by molar-refractivity contribution is 5.86. The molecule has 5 nitrogen and oxygen atoms in total. The van der Waals surface area contributed by atoms with Gasteiger partial charge in [-0.25, -0.2) is 4.79 Å². The lowest BCUT2D eigenvalue weighted by molar-refractivity contribution is 0.0686. The molecule has 3 saturated heterocycles. The number of rotatable bonds is 3. The Bertz CT molecular complexity index is 683. The van der Waals surface area contributed by atoms with Gasteiger partial charge < -0.3 is 14.5 Å². The molecule has 4 heterocycles. The lowest BCUT2D eigenvalue weighted by Gasteiger charge is -2.48. The number of fused-ring (bicyclic) bond motifs is 3. The van der Waals surface area contributed by atoms with Crippen LogP contribution in [0.2, 0.25) is 0 Å². The predicted octanol–water partition coefficient (Wildman–Crippen LogP) is 2.78. The van der Waals surface area contributed by atoms with Crippen molar-refractivity contribution in [2.45, 2.75) is 24.7 Å². The van der Waals surface area contributed by atoms with Crippen LogP contribution >= 0.6 is 0 Å². The fraction of sp³-hybridized carbons (Fsp3) is 0.412. The van der Waals surface area contributed by atoms with E-state index in [0.717, 1.165) is 5.56 Å². The van der Waals surface area contributed by atoms with Crippen LogP contribution in [-0.4, -0.2) is 40.8 Å². The molecule has 0 spiro atoms. The van der Waals surface area contributed by atoms with Crippen LogP contribution < -0.4 is 0 Å². The third-order valence-electron chi connectivity index (χ3n) is 5.23. The molecule has 0 radical (unpaired) electrons. The molecule has 0 aliphatic carbocycles. The van der Waals surface area contributed by atoms with Crippen molar-refractivity contribution in [1.29, 1.82) is 0 Å². The van der Waals surface area contributed by atoms with Crippen molar-refractivity contribution < 1.29 is 14.4 Å². The van der Waals surface area contributed by atoms with Gasteiger partial charge in [0.05, 0.1) is 0 Å². The molecular formula is C17H18N2O3. The summed E-state index contributed by atoms with van der Waals surface area (Å²) in [4.78, 5) is 13.4. The van der Waals surface area contributed by atoms with Crippen molar-refractivity contribution in [3.63, 3.8) is 0 Å². The zero-order valence-electron chi connectivity index (χ0n) is 12.3. The number of benzene rings is 1. The maximum absolute atomic E-state index is 10.9. The largest absolute Gasteiger partial charge is 0.476 e. The maximum Gasteiger partial charge on any atom is 0.358 e. The highest BCUT2D eigenvalue weighted by Crippen LogP contribution is 2.43. The monoisotopic (exact) mass is 298 g/mol. The number of hydrogen-bond donors (Lipinski definition) is 1. The average Bonchev–Trinajstić information content (AvgIpc) is 3.07. The van der Waals surface area contributed by atoms with E-state index in [1.165, 1.54) is 50.5 Å². The fourth-order valence-electron chi connectivity index (χ4n) is 3.76. The summed E-state index contributed by atoms with van der Waals surface area (Å²) in [6.07, 6.45) is 3.70. The number of aromatic carboxylic acids is 1. The SMILES string of the molecule is O=C(O)c1cc(-c2ccc(C34CCN(CC3)CC4)cc2)on1. The quantitative estimate of drug-likeness (QED) is 0.943. The van der Waals surface area contributed by atoms with E-state index in [2.05, 4.69) is 22.2 Å². The van der Waals surface area contributed by atoms with Gasteiger partial charge in [-0.3, -0.25) is 0 Å². The number of carboxylic acid groups (broad SMARTS) is 1. The number of carboxylic acids is 1. The molecule has 0 atom stereocenters. The lowest BCUT2D eigenvalue weighted by atomic mass is 9.67. The molecule has 1 aromatic heterocycles. The molecule has 114 valence electrons. The van der Waals surface area contributed by atoms with Crippen molar-refractivity contribution in [2.75, 3.05) is 19.6 Å². The highest BCUT2D eigenvalue weighted by Gasteiger charge is 2.40. The van der Waals surface area contributed by atoms with Crippen LogP contribution in [0.3, 0.4) is 0 Å². The van der Waals surface area contributed by atoms with Crippen LogP contribution in [0, 0.1) is 0 Å². The molecule has 5 rings (SSSR count). The Morgan fingerprint density at radius 1 is 1.14 bits per heavy atom. The average molecular weight is 298 g/mol. The minimum absolute atomic E-state index is 0.0580. The number of nitrogens with zero attached hydrogens (tertiary/aromatic N) is 2. The molecule has 1 N–H and O–H groups in total. The van der Waals surface area contributed by atoms with Gasteiger partial charge in [0.1, 0.15) is 0 Å². The molecule has 0 unspecified atom stereocenters. The Balaban J connectivity index is 1.61. The molecule has 3 aliphatic heterocycles. The minimum Gasteiger partial charge on any atom is -0.476 e. The van der Waals surface area contributed by atoms with Gasteiger partial charge in [0.2, 0.25) is 0 Å². The van der Waals surface area contributed by atoms with Crippen molar-refractivity contribution in [1.82, 2.24) is 10.1 Å². The third-order valence-corrected chi connectivity index (χ3v) is 5.23. The molecule has 3 fully saturated rings. The van der Waals surface area contributed by atoms with Gasteiger partial charge in [0.15, 0.2) is 11.5 Å². The van der Waals surface area contributed by atoms with E-state index >= 15 is 0 Å². The first kappa shape index (κ1) is 13.5. The van der Waals surface area contributed by atoms with Crippen LogP contribution in [0.4, 0.5) is 0 Å². The maximum atomic E-state index is 10.9. The highest BCUT2D eigenvalue weighted by atomic mass is 16.5. The van der Waals surface area contributed by atoms with E-state index in [9.17, 15) is 4.79 Å². The molecule has 2 bridgehead atoms. The molecule has 22 heavy (non-hydrogen) atoms. The van der Waals surface area contributed by atoms with Crippen molar-refractivity contribution in [3.05, 3.63) is 41.6 Å². The Morgan fingerprint density at radius 3 is 2.32 bits per heavy atom.